The van der Waals surface area contributed by atoms with Gasteiger partial charge in [-0.3, -0.25) is 23.7 Å². The maximum absolute atomic E-state index is 13.3. The SMILES string of the molecule is CC(C)(O/N=C(\C(=O)NC1C(=O)N(S(=O)(=O)O)C1CNC(=O)c1cnc(C2CCN(CCNC(=O)c3ccc(O)cc3Cl)C2)s1)c1csc(N)n1)C(=O)O. The van der Waals surface area contributed by atoms with Crippen molar-refractivity contribution in [1.29, 1.82) is 0 Å². The van der Waals surface area contributed by atoms with Crippen LogP contribution in [0.15, 0.2) is 34.9 Å². The molecule has 20 nitrogen and oxygen atoms in total. The van der Waals surface area contributed by atoms with Gasteiger partial charge in [-0.1, -0.05) is 16.8 Å². The van der Waals surface area contributed by atoms with Gasteiger partial charge in [0.05, 0.1) is 27.8 Å². The number of phenolic OH excluding ortho intramolecular Hbond substituents is 1. The molecule has 24 heteroatoms. The number of carbonyl (C=O) groups excluding carboxylic acids is 4. The Balaban J connectivity index is 1.18. The molecule has 4 heterocycles. The van der Waals surface area contributed by atoms with Gasteiger partial charge in [0.2, 0.25) is 5.60 Å². The second-order valence-electron chi connectivity index (χ2n) is 12.5. The van der Waals surface area contributed by atoms with Crippen LogP contribution in [0.2, 0.25) is 5.02 Å². The maximum Gasteiger partial charge on any atom is 0.362 e. The predicted octanol–water partition coefficient (Wildman–Crippen LogP) is 0.272. The highest BCUT2D eigenvalue weighted by Gasteiger charge is 2.54. The van der Waals surface area contributed by atoms with Crippen LogP contribution in [0, 0.1) is 0 Å². The van der Waals surface area contributed by atoms with E-state index in [-0.39, 0.29) is 48.2 Å². The lowest BCUT2D eigenvalue weighted by atomic mass is 9.98. The number of aromatic hydroxyl groups is 1. The second kappa shape index (κ2) is 16.2. The number of β-lactam (4-membered cyclic amide) rings is 1. The lowest BCUT2D eigenvalue weighted by Gasteiger charge is -2.44. The molecule has 4 amide bonds. The minimum absolute atomic E-state index is 0.00774. The molecule has 3 atom stereocenters. The van der Waals surface area contributed by atoms with Crippen molar-refractivity contribution in [2.75, 3.05) is 38.5 Å². The Morgan fingerprint density at radius 3 is 2.59 bits per heavy atom. The number of carbonyl (C=O) groups is 5. The Bertz CT molecular complexity index is 2110. The number of nitrogens with two attached hydrogens (primary N) is 1. The summed E-state index contributed by atoms with van der Waals surface area (Å²) in [5.41, 5.74) is 3.31. The van der Waals surface area contributed by atoms with Crippen molar-refractivity contribution in [3.8, 4) is 5.75 Å². The molecule has 3 unspecified atom stereocenters. The van der Waals surface area contributed by atoms with Gasteiger partial charge in [0.25, 0.3) is 23.6 Å². The van der Waals surface area contributed by atoms with E-state index in [1.165, 1.54) is 43.6 Å². The Labute approximate surface area is 320 Å². The molecule has 2 saturated heterocycles. The molecule has 0 saturated carbocycles. The zero-order valence-corrected chi connectivity index (χ0v) is 31.6. The smallest absolute Gasteiger partial charge is 0.362 e. The van der Waals surface area contributed by atoms with Crippen molar-refractivity contribution < 1.29 is 52.0 Å². The number of halogens is 1. The van der Waals surface area contributed by atoms with Gasteiger partial charge in [-0.15, -0.1) is 22.7 Å². The number of likely N-dealkylation sites (tertiary alicyclic amines) is 1. The van der Waals surface area contributed by atoms with Crippen LogP contribution in [0.4, 0.5) is 5.13 Å². The summed E-state index contributed by atoms with van der Waals surface area (Å²) in [4.78, 5) is 78.9. The highest BCUT2D eigenvalue weighted by molar-refractivity contribution is 7.84. The first-order chi connectivity index (χ1) is 25.4. The number of oxime groups is 1. The molecule has 2 aliphatic rings. The number of nitrogens with zero attached hydrogens (tertiary/aromatic N) is 5. The number of carboxylic acids is 1. The molecule has 54 heavy (non-hydrogen) atoms. The predicted molar refractivity (Wildman–Crippen MR) is 194 cm³/mol. The highest BCUT2D eigenvalue weighted by Crippen LogP contribution is 2.31. The van der Waals surface area contributed by atoms with Crippen molar-refractivity contribution in [3.05, 3.63) is 55.9 Å². The third kappa shape index (κ3) is 9.22. The fourth-order valence-corrected chi connectivity index (χ4v) is 8.03. The molecule has 0 radical (unpaired) electrons. The topological polar surface area (TPSA) is 296 Å². The maximum atomic E-state index is 13.3. The van der Waals surface area contributed by atoms with E-state index in [0.29, 0.717) is 31.2 Å². The number of nitrogen functional groups attached to an aromatic ring is 1. The molecule has 2 fully saturated rings. The average molecular weight is 828 g/mol. The number of anilines is 1. The van der Waals surface area contributed by atoms with Crippen molar-refractivity contribution in [2.24, 2.45) is 5.16 Å². The Hall–Kier alpha value is -4.94. The van der Waals surface area contributed by atoms with Crippen LogP contribution in [0.3, 0.4) is 0 Å². The van der Waals surface area contributed by atoms with Gasteiger partial charge in [-0.05, 0) is 45.0 Å². The van der Waals surface area contributed by atoms with Gasteiger partial charge < -0.3 is 41.6 Å². The monoisotopic (exact) mass is 827 g/mol. The van der Waals surface area contributed by atoms with E-state index in [1.807, 2.05) is 0 Å². The first kappa shape index (κ1) is 40.2. The number of hydrogen-bond donors (Lipinski definition) is 7. The number of benzene rings is 1. The second-order valence-corrected chi connectivity index (χ2v) is 16.2. The molecule has 0 spiro atoms. The third-order valence-electron chi connectivity index (χ3n) is 8.32. The Morgan fingerprint density at radius 2 is 1.94 bits per heavy atom. The molecule has 0 bridgehead atoms. The molecule has 290 valence electrons. The van der Waals surface area contributed by atoms with E-state index in [0.717, 1.165) is 29.1 Å². The fraction of sp³-hybridized carbons (Fsp3) is 0.400. The van der Waals surface area contributed by atoms with Crippen LogP contribution in [0.25, 0.3) is 0 Å². The number of carboxylic acid groups (broad SMARTS) is 1. The van der Waals surface area contributed by atoms with Crippen molar-refractivity contribution >= 4 is 85.0 Å². The fourth-order valence-electron chi connectivity index (χ4n) is 5.39. The summed E-state index contributed by atoms with van der Waals surface area (Å²) in [6.07, 6.45) is 2.09. The Morgan fingerprint density at radius 1 is 1.20 bits per heavy atom. The van der Waals surface area contributed by atoms with E-state index in [4.69, 9.17) is 22.2 Å². The lowest BCUT2D eigenvalue weighted by molar-refractivity contribution is -0.161. The van der Waals surface area contributed by atoms with Crippen LogP contribution < -0.4 is 21.7 Å². The largest absolute Gasteiger partial charge is 0.508 e. The van der Waals surface area contributed by atoms with E-state index in [2.05, 4.69) is 36.0 Å². The quantitative estimate of drug-likeness (QED) is 0.0468. The number of aromatic nitrogens is 2. The van der Waals surface area contributed by atoms with Crippen LogP contribution in [-0.4, -0.2) is 128 Å². The highest BCUT2D eigenvalue weighted by atomic mass is 35.5. The van der Waals surface area contributed by atoms with Gasteiger partial charge in [0.1, 0.15) is 22.4 Å². The van der Waals surface area contributed by atoms with Gasteiger partial charge in [-0.2, -0.15) is 8.42 Å². The van der Waals surface area contributed by atoms with Gasteiger partial charge >= 0.3 is 16.3 Å². The van der Waals surface area contributed by atoms with Gasteiger partial charge in [0, 0.05) is 37.5 Å². The number of phenols is 1. The van der Waals surface area contributed by atoms with Crippen molar-refractivity contribution in [3.63, 3.8) is 0 Å². The summed E-state index contributed by atoms with van der Waals surface area (Å²) < 4.78 is 33.9. The van der Waals surface area contributed by atoms with E-state index >= 15 is 0 Å². The summed E-state index contributed by atoms with van der Waals surface area (Å²) in [6, 6.07) is 1.02. The van der Waals surface area contributed by atoms with Crippen LogP contribution in [0.1, 0.15) is 56.9 Å². The van der Waals surface area contributed by atoms with E-state index < -0.39 is 63.9 Å². The van der Waals surface area contributed by atoms with Gasteiger partial charge in [0.15, 0.2) is 10.8 Å². The van der Waals surface area contributed by atoms with E-state index in [9.17, 15) is 47.2 Å². The molecule has 8 N–H and O–H groups in total. The summed E-state index contributed by atoms with van der Waals surface area (Å²) in [5, 5.41) is 32.2. The number of thiazole rings is 2. The van der Waals surface area contributed by atoms with Crippen molar-refractivity contribution in [2.45, 2.75) is 43.9 Å². The third-order valence-corrected chi connectivity index (χ3v) is 11.4. The zero-order chi connectivity index (χ0) is 39.5. The lowest BCUT2D eigenvalue weighted by Crippen LogP contribution is -2.74. The molecular formula is C30H34ClN9O11S3. The molecular weight excluding hydrogens is 794 g/mol. The average Bonchev–Trinajstić information content (AvgIpc) is 3.86. The molecule has 3 aromatic rings. The zero-order valence-electron chi connectivity index (χ0n) is 28.4. The van der Waals surface area contributed by atoms with Crippen LogP contribution in [0.5, 0.6) is 5.75 Å². The van der Waals surface area contributed by atoms with E-state index in [1.54, 1.807) is 0 Å². The van der Waals surface area contributed by atoms with Crippen molar-refractivity contribution in [1.82, 2.24) is 35.1 Å². The number of amides is 4. The number of hydrogen-bond acceptors (Lipinski definition) is 16. The first-order valence-electron chi connectivity index (χ1n) is 15.9. The Kier molecular flexibility index (Phi) is 12.1. The minimum atomic E-state index is -5.11. The van der Waals surface area contributed by atoms with Crippen LogP contribution in [-0.2, 0) is 29.5 Å². The number of rotatable bonds is 15. The number of aliphatic carboxylic acids is 1. The molecule has 2 aromatic heterocycles. The van der Waals surface area contributed by atoms with Gasteiger partial charge in [-0.25, -0.2) is 19.1 Å². The van der Waals surface area contributed by atoms with Crippen LogP contribution >= 0.6 is 34.3 Å². The molecule has 2 aliphatic heterocycles. The molecule has 0 aliphatic carbocycles. The molecule has 5 rings (SSSR count). The molecule has 1 aromatic carbocycles. The first-order valence-corrected chi connectivity index (χ1v) is 19.4. The minimum Gasteiger partial charge on any atom is -0.508 e. The summed E-state index contributed by atoms with van der Waals surface area (Å²) >= 11 is 8.09. The summed E-state index contributed by atoms with van der Waals surface area (Å²) in [7, 11) is -5.11. The summed E-state index contributed by atoms with van der Waals surface area (Å²) in [5.74, 6) is -4.84. The number of nitrogens with one attached hydrogen (secondary N) is 3. The normalized spacial score (nSPS) is 19.3. The summed E-state index contributed by atoms with van der Waals surface area (Å²) in [6.45, 7) is 4.00. The standard InChI is InChI=1S/C30H34ClN9O11S3/c1-30(2,28(46)47)51-38-21(18-13-52-29(32)36-18)25(44)37-22-19(40(27(22)45)54(48,49)50)10-34-24(43)20-11-35-26(53-20)14-5-7-39(12-14)8-6-33-23(42)16-4-3-15(41)9-17(16)31/h3-4,9,11,13-14,19,22,41H,5-8,10,12H2,1-2H3,(H2,32,36)(H,33,42)(H,34,43)(H,37,44)(H,46,47)(H,48,49,50)/b38-21-.